The average Bonchev–Trinajstić information content (AvgIpc) is 2.46. The standard InChI is InChI=1S/C10H10Cl2N2S.ClH/c1-6-13-9(5-14(6)15)10-7(11)3-2-4-8(10)12;/h2-4,9,15H,5H2,1H3;1H. The van der Waals surface area contributed by atoms with Crippen molar-refractivity contribution < 1.29 is 0 Å². The van der Waals surface area contributed by atoms with E-state index in [0.717, 1.165) is 11.4 Å². The van der Waals surface area contributed by atoms with Crippen LogP contribution in [-0.4, -0.2) is 16.7 Å². The number of nitrogens with zero attached hydrogens (tertiary/aromatic N) is 2. The van der Waals surface area contributed by atoms with Crippen molar-refractivity contribution in [2.75, 3.05) is 6.54 Å². The maximum absolute atomic E-state index is 6.11. The van der Waals surface area contributed by atoms with Gasteiger partial charge in [0.2, 0.25) is 0 Å². The summed E-state index contributed by atoms with van der Waals surface area (Å²) in [6.07, 6.45) is 0. The molecule has 2 rings (SSSR count). The minimum Gasteiger partial charge on any atom is -0.305 e. The molecule has 1 atom stereocenters. The summed E-state index contributed by atoms with van der Waals surface area (Å²) in [5.41, 5.74) is 0.886. The van der Waals surface area contributed by atoms with Crippen LogP contribution < -0.4 is 0 Å². The molecule has 0 aliphatic carbocycles. The first-order valence-electron chi connectivity index (χ1n) is 4.54. The van der Waals surface area contributed by atoms with Crippen molar-refractivity contribution in [1.82, 2.24) is 4.31 Å². The van der Waals surface area contributed by atoms with Gasteiger partial charge < -0.3 is 4.31 Å². The Morgan fingerprint density at radius 2 is 1.94 bits per heavy atom. The molecule has 1 aliphatic heterocycles. The van der Waals surface area contributed by atoms with Crippen molar-refractivity contribution in [2.45, 2.75) is 13.0 Å². The van der Waals surface area contributed by atoms with E-state index in [1.165, 1.54) is 0 Å². The highest BCUT2D eigenvalue weighted by Crippen LogP contribution is 2.35. The van der Waals surface area contributed by atoms with E-state index in [9.17, 15) is 0 Å². The summed E-state index contributed by atoms with van der Waals surface area (Å²) in [5.74, 6) is 0.888. The number of halogens is 3. The zero-order valence-corrected chi connectivity index (χ0v) is 11.7. The monoisotopic (exact) mass is 296 g/mol. The molecule has 1 aliphatic rings. The van der Waals surface area contributed by atoms with Crippen molar-refractivity contribution in [3.63, 3.8) is 0 Å². The van der Waals surface area contributed by atoms with Crippen molar-refractivity contribution in [1.29, 1.82) is 0 Å². The van der Waals surface area contributed by atoms with E-state index < -0.39 is 0 Å². The Kier molecular flexibility index (Phi) is 4.80. The molecule has 1 aromatic carbocycles. The maximum atomic E-state index is 6.11. The van der Waals surface area contributed by atoms with E-state index in [1.54, 1.807) is 4.31 Å². The zero-order valence-electron chi connectivity index (χ0n) is 8.52. The summed E-state index contributed by atoms with van der Waals surface area (Å²) in [6.45, 7) is 2.62. The number of hydrogen-bond donors (Lipinski definition) is 1. The normalized spacial score (nSPS) is 19.4. The van der Waals surface area contributed by atoms with Crippen LogP contribution in [0.3, 0.4) is 0 Å². The van der Waals surface area contributed by atoms with Gasteiger partial charge in [0, 0.05) is 15.6 Å². The summed E-state index contributed by atoms with van der Waals surface area (Å²) in [6, 6.07) is 5.48. The molecule has 1 aromatic rings. The maximum Gasteiger partial charge on any atom is 0.106 e. The Hall–Kier alpha value is -0.0900. The summed E-state index contributed by atoms with van der Waals surface area (Å²) in [5, 5.41) is 1.32. The topological polar surface area (TPSA) is 15.6 Å². The lowest BCUT2D eigenvalue weighted by molar-refractivity contribution is 0.640. The fourth-order valence-corrected chi connectivity index (χ4v) is 2.47. The molecule has 0 amide bonds. The van der Waals surface area contributed by atoms with Crippen LogP contribution in [-0.2, 0) is 0 Å². The summed E-state index contributed by atoms with van der Waals surface area (Å²) < 4.78 is 1.80. The second-order valence-corrected chi connectivity index (χ2v) is 4.71. The summed E-state index contributed by atoms with van der Waals surface area (Å²) in [4.78, 5) is 4.46. The van der Waals surface area contributed by atoms with E-state index in [1.807, 2.05) is 25.1 Å². The van der Waals surface area contributed by atoms with Gasteiger partial charge in [-0.15, -0.1) is 12.4 Å². The lowest BCUT2D eigenvalue weighted by atomic mass is 10.1. The van der Waals surface area contributed by atoms with Crippen LogP contribution in [0.25, 0.3) is 0 Å². The summed E-state index contributed by atoms with van der Waals surface area (Å²) in [7, 11) is 0. The Balaban J connectivity index is 0.00000128. The van der Waals surface area contributed by atoms with E-state index in [4.69, 9.17) is 23.2 Å². The largest absolute Gasteiger partial charge is 0.305 e. The van der Waals surface area contributed by atoms with Gasteiger partial charge in [0.15, 0.2) is 0 Å². The molecule has 0 aromatic heterocycles. The number of rotatable bonds is 1. The highest BCUT2D eigenvalue weighted by Gasteiger charge is 2.25. The third-order valence-electron chi connectivity index (χ3n) is 2.40. The van der Waals surface area contributed by atoms with Gasteiger partial charge in [-0.25, -0.2) is 0 Å². The first kappa shape index (κ1) is 14.0. The summed E-state index contributed by atoms with van der Waals surface area (Å²) >= 11 is 16.5. The highest BCUT2D eigenvalue weighted by molar-refractivity contribution is 7.78. The quantitative estimate of drug-likeness (QED) is 0.774. The number of aliphatic imine (C=N–C) groups is 1. The van der Waals surface area contributed by atoms with E-state index in [0.29, 0.717) is 16.6 Å². The van der Waals surface area contributed by atoms with Crippen LogP contribution in [0.1, 0.15) is 18.5 Å². The number of amidine groups is 1. The third kappa shape index (κ3) is 2.59. The third-order valence-corrected chi connectivity index (χ3v) is 3.51. The Morgan fingerprint density at radius 1 is 1.38 bits per heavy atom. The van der Waals surface area contributed by atoms with Crippen LogP contribution in [0.15, 0.2) is 23.2 Å². The first-order valence-corrected chi connectivity index (χ1v) is 5.70. The molecule has 0 radical (unpaired) electrons. The SMILES string of the molecule is CC1=NC(c2c(Cl)cccc2Cl)CN1S.Cl. The number of thiol groups is 1. The molecule has 88 valence electrons. The predicted molar refractivity (Wildman–Crippen MR) is 75.3 cm³/mol. The molecule has 0 bridgehead atoms. The van der Waals surface area contributed by atoms with Crippen molar-refractivity contribution in [3.05, 3.63) is 33.8 Å². The number of hydrogen-bond acceptors (Lipinski definition) is 3. The van der Waals surface area contributed by atoms with Gasteiger partial charge in [-0.1, -0.05) is 42.1 Å². The van der Waals surface area contributed by atoms with Crippen LogP contribution in [0.5, 0.6) is 0 Å². The zero-order chi connectivity index (χ0) is 11.0. The Labute approximate surface area is 117 Å². The molecule has 16 heavy (non-hydrogen) atoms. The van der Waals surface area contributed by atoms with Gasteiger partial charge in [-0.05, 0) is 19.1 Å². The van der Waals surface area contributed by atoms with Gasteiger partial charge in [-0.3, -0.25) is 4.99 Å². The molecule has 0 saturated carbocycles. The fraction of sp³-hybridized carbons (Fsp3) is 0.300. The second-order valence-electron chi connectivity index (χ2n) is 3.41. The van der Waals surface area contributed by atoms with Crippen LogP contribution in [0.2, 0.25) is 10.0 Å². The molecular formula is C10H11Cl3N2S. The van der Waals surface area contributed by atoms with Crippen LogP contribution in [0.4, 0.5) is 0 Å². The molecule has 6 heteroatoms. The molecule has 0 fully saturated rings. The predicted octanol–water partition coefficient (Wildman–Crippen LogP) is 4.04. The van der Waals surface area contributed by atoms with Crippen molar-refractivity contribution in [2.24, 2.45) is 4.99 Å². The smallest absolute Gasteiger partial charge is 0.106 e. The molecule has 1 unspecified atom stereocenters. The minimum atomic E-state index is -0.0105. The number of benzene rings is 1. The molecule has 0 N–H and O–H groups in total. The van der Waals surface area contributed by atoms with Gasteiger partial charge in [0.25, 0.3) is 0 Å². The highest BCUT2D eigenvalue weighted by atomic mass is 35.5. The lowest BCUT2D eigenvalue weighted by Gasteiger charge is -2.13. The van der Waals surface area contributed by atoms with Gasteiger partial charge in [-0.2, -0.15) is 0 Å². The molecule has 0 spiro atoms. The van der Waals surface area contributed by atoms with E-state index >= 15 is 0 Å². The van der Waals surface area contributed by atoms with Crippen LogP contribution >= 0.6 is 48.4 Å². The van der Waals surface area contributed by atoms with Gasteiger partial charge >= 0.3 is 0 Å². The molecule has 1 heterocycles. The van der Waals surface area contributed by atoms with Crippen molar-refractivity contribution in [3.8, 4) is 0 Å². The molecule has 0 saturated heterocycles. The molecular weight excluding hydrogens is 287 g/mol. The Morgan fingerprint density at radius 3 is 2.38 bits per heavy atom. The fourth-order valence-electron chi connectivity index (χ4n) is 1.61. The first-order chi connectivity index (χ1) is 7.09. The van der Waals surface area contributed by atoms with Crippen LogP contribution in [0, 0.1) is 0 Å². The van der Waals surface area contributed by atoms with Gasteiger partial charge in [0.05, 0.1) is 12.6 Å². The average molecular weight is 298 g/mol. The molecule has 2 nitrogen and oxygen atoms in total. The Bertz CT molecular complexity index is 402. The second kappa shape index (κ2) is 5.50. The van der Waals surface area contributed by atoms with Crippen molar-refractivity contribution >= 4 is 54.3 Å². The minimum absolute atomic E-state index is 0. The van der Waals surface area contributed by atoms with Gasteiger partial charge in [0.1, 0.15) is 5.84 Å². The van der Waals surface area contributed by atoms with E-state index in [-0.39, 0.29) is 18.4 Å². The lowest BCUT2D eigenvalue weighted by Crippen LogP contribution is -2.14. The van der Waals surface area contributed by atoms with E-state index in [2.05, 4.69) is 17.8 Å².